The zero-order valence-electron chi connectivity index (χ0n) is 6.09. The SMILES string of the molecule is O=C([O-])C(=O)[O-].O=S(=O)([O-])[O-].[Zn+2].[Zn+2]. The first-order valence-corrected chi connectivity index (χ1v) is 3.07. The van der Waals surface area contributed by atoms with Crippen LogP contribution in [0, 0.1) is 0 Å². The average Bonchev–Trinajstić information content (AvgIpc) is 1.59. The summed E-state index contributed by atoms with van der Waals surface area (Å²) in [6.07, 6.45) is 0. The van der Waals surface area contributed by atoms with Crippen molar-refractivity contribution in [2.75, 3.05) is 0 Å². The van der Waals surface area contributed by atoms with Crippen molar-refractivity contribution in [1.29, 1.82) is 0 Å². The van der Waals surface area contributed by atoms with Gasteiger partial charge >= 0.3 is 39.0 Å². The molecule has 0 spiro atoms. The molecule has 0 aliphatic carbocycles. The first-order chi connectivity index (χ1) is 4.64. The molecule has 11 heteroatoms. The summed E-state index contributed by atoms with van der Waals surface area (Å²) in [4.78, 5) is 17.9. The Morgan fingerprint density at radius 3 is 0.923 bits per heavy atom. The molecule has 0 rings (SSSR count). The van der Waals surface area contributed by atoms with Crippen molar-refractivity contribution in [1.82, 2.24) is 0 Å². The number of carbonyl (C=O) groups is 2. The fourth-order valence-electron chi connectivity index (χ4n) is 0. The zero-order valence-corrected chi connectivity index (χ0v) is 12.8. The Balaban J connectivity index is -0.0000000546. The van der Waals surface area contributed by atoms with E-state index in [9.17, 15) is 0 Å². The molecule has 0 aromatic rings. The summed E-state index contributed by atoms with van der Waals surface area (Å²) in [7, 11) is -5.17. The van der Waals surface area contributed by atoms with Gasteiger partial charge in [-0.15, -0.1) is 0 Å². The van der Waals surface area contributed by atoms with E-state index >= 15 is 0 Å². The zero-order chi connectivity index (χ0) is 9.65. The molecule has 0 unspecified atom stereocenters. The van der Waals surface area contributed by atoms with E-state index in [1.165, 1.54) is 0 Å². The van der Waals surface area contributed by atoms with Crippen LogP contribution in [0.3, 0.4) is 0 Å². The minimum Gasteiger partial charge on any atom is -0.759 e. The number of carbonyl (C=O) groups excluding carboxylic acids is 2. The van der Waals surface area contributed by atoms with Gasteiger partial charge in [0, 0.05) is 10.4 Å². The molecule has 0 aromatic heterocycles. The van der Waals surface area contributed by atoms with Gasteiger partial charge in [0.05, 0.1) is 11.9 Å². The molecule has 0 atom stereocenters. The average molecular weight is 315 g/mol. The summed E-state index contributed by atoms with van der Waals surface area (Å²) in [6.45, 7) is 0. The van der Waals surface area contributed by atoms with Gasteiger partial charge in [0.15, 0.2) is 0 Å². The van der Waals surface area contributed by atoms with E-state index in [0.29, 0.717) is 0 Å². The number of hydrogen-bond acceptors (Lipinski definition) is 8. The van der Waals surface area contributed by atoms with Crippen LogP contribution in [0.1, 0.15) is 0 Å². The fraction of sp³-hybridized carbons (Fsp3) is 0. The van der Waals surface area contributed by atoms with Gasteiger partial charge in [0.2, 0.25) is 0 Å². The van der Waals surface area contributed by atoms with Crippen LogP contribution in [-0.2, 0) is 58.9 Å². The molecule has 66 valence electrons. The van der Waals surface area contributed by atoms with Gasteiger partial charge in [-0.2, -0.15) is 0 Å². The standard InChI is InChI=1S/C2H2O4.H2O4S.2Zn/c3-1(4)2(5)6;1-5(2,3)4;;/h(H,3,4)(H,5,6);(H2,1,2,3,4);;/q;;2*+2/p-4. The molecule has 0 aromatic carbocycles. The Labute approximate surface area is 98.4 Å². The first kappa shape index (κ1) is 23.1. The largest absolute Gasteiger partial charge is 2.00 e. The third-order valence-electron chi connectivity index (χ3n) is 0.167. The van der Waals surface area contributed by atoms with Crippen LogP contribution in [-0.4, -0.2) is 29.5 Å². The van der Waals surface area contributed by atoms with Crippen molar-refractivity contribution >= 4 is 22.3 Å². The van der Waals surface area contributed by atoms with Crippen LogP contribution < -0.4 is 10.2 Å². The van der Waals surface area contributed by atoms with Crippen LogP contribution >= 0.6 is 0 Å². The minimum absolute atomic E-state index is 0. The Morgan fingerprint density at radius 1 is 0.846 bits per heavy atom. The molecule has 0 amide bonds. The van der Waals surface area contributed by atoms with E-state index in [1.54, 1.807) is 0 Å². The van der Waals surface area contributed by atoms with E-state index in [1.807, 2.05) is 0 Å². The summed E-state index contributed by atoms with van der Waals surface area (Å²) in [5.74, 6) is -4.37. The smallest absolute Gasteiger partial charge is 0.759 e. The number of carboxylic acid groups (broad SMARTS) is 2. The van der Waals surface area contributed by atoms with E-state index in [2.05, 4.69) is 0 Å². The molecular weight excluding hydrogens is 315 g/mol. The molecule has 0 fully saturated rings. The van der Waals surface area contributed by atoms with Crippen LogP contribution in [0.15, 0.2) is 0 Å². The fourth-order valence-corrected chi connectivity index (χ4v) is 0. The van der Waals surface area contributed by atoms with Crippen molar-refractivity contribution in [3.63, 3.8) is 0 Å². The van der Waals surface area contributed by atoms with Gasteiger partial charge in [-0.3, -0.25) is 8.42 Å². The predicted molar refractivity (Wildman–Crippen MR) is 20.5 cm³/mol. The van der Waals surface area contributed by atoms with Gasteiger partial charge < -0.3 is 28.9 Å². The second kappa shape index (κ2) is 10.1. The second-order valence-corrected chi connectivity index (χ2v) is 1.80. The van der Waals surface area contributed by atoms with Crippen LogP contribution in [0.2, 0.25) is 0 Å². The van der Waals surface area contributed by atoms with E-state index < -0.39 is 22.3 Å². The van der Waals surface area contributed by atoms with Gasteiger partial charge in [-0.05, 0) is 0 Å². The maximum atomic E-state index is 8.93. The number of aliphatic carboxylic acids is 2. The Morgan fingerprint density at radius 2 is 0.923 bits per heavy atom. The molecule has 13 heavy (non-hydrogen) atoms. The topological polar surface area (TPSA) is 161 Å². The molecular formula is C2O8SZn2. The first-order valence-electron chi connectivity index (χ1n) is 1.73. The van der Waals surface area contributed by atoms with E-state index in [4.69, 9.17) is 37.3 Å². The Bertz CT molecular complexity index is 223. The van der Waals surface area contributed by atoms with Crippen LogP contribution in [0.4, 0.5) is 0 Å². The molecule has 0 aliphatic rings. The van der Waals surface area contributed by atoms with Crippen molar-refractivity contribution in [3.05, 3.63) is 0 Å². The van der Waals surface area contributed by atoms with Gasteiger partial charge in [0.25, 0.3) is 0 Å². The van der Waals surface area contributed by atoms with Gasteiger partial charge in [-0.25, -0.2) is 0 Å². The third kappa shape index (κ3) is 74.1. The number of rotatable bonds is 0. The third-order valence-corrected chi connectivity index (χ3v) is 0.167. The molecule has 0 aliphatic heterocycles. The molecule has 0 saturated carbocycles. The maximum absolute atomic E-state index is 8.93. The molecule has 0 radical (unpaired) electrons. The molecule has 0 bridgehead atoms. The van der Waals surface area contributed by atoms with Crippen molar-refractivity contribution in [2.45, 2.75) is 0 Å². The Kier molecular flexibility index (Phi) is 18.0. The maximum Gasteiger partial charge on any atom is 2.00 e. The summed E-state index contributed by atoms with van der Waals surface area (Å²) < 4.78 is 34.1. The number of carboxylic acids is 2. The molecule has 0 heterocycles. The minimum atomic E-state index is -5.17. The number of hydrogen-bond donors (Lipinski definition) is 0. The van der Waals surface area contributed by atoms with Crippen LogP contribution in [0.25, 0.3) is 0 Å². The molecule has 0 saturated heterocycles. The molecule has 8 nitrogen and oxygen atoms in total. The van der Waals surface area contributed by atoms with Crippen molar-refractivity contribution in [2.24, 2.45) is 0 Å². The molecule has 0 N–H and O–H groups in total. The Hall–Kier alpha value is 0.0568. The van der Waals surface area contributed by atoms with E-state index in [-0.39, 0.29) is 39.0 Å². The summed E-state index contributed by atoms with van der Waals surface area (Å²) in [5.41, 5.74) is 0. The predicted octanol–water partition coefficient (Wildman–Crippen LogP) is -4.86. The summed E-state index contributed by atoms with van der Waals surface area (Å²) in [5, 5.41) is 17.9. The van der Waals surface area contributed by atoms with Gasteiger partial charge in [-0.1, -0.05) is 0 Å². The normalized spacial score (nSPS) is 7.85. The van der Waals surface area contributed by atoms with Gasteiger partial charge in [0.1, 0.15) is 0 Å². The quantitative estimate of drug-likeness (QED) is 0.186. The van der Waals surface area contributed by atoms with Crippen molar-refractivity contribution in [3.8, 4) is 0 Å². The summed E-state index contributed by atoms with van der Waals surface area (Å²) >= 11 is 0. The van der Waals surface area contributed by atoms with E-state index in [0.717, 1.165) is 0 Å². The summed E-state index contributed by atoms with van der Waals surface area (Å²) in [6, 6.07) is 0. The van der Waals surface area contributed by atoms with Crippen molar-refractivity contribution < 1.29 is 76.3 Å². The monoisotopic (exact) mass is 312 g/mol. The van der Waals surface area contributed by atoms with Crippen LogP contribution in [0.5, 0.6) is 0 Å². The second-order valence-electron chi connectivity index (χ2n) is 0.983.